The van der Waals surface area contributed by atoms with Crippen molar-refractivity contribution in [3.05, 3.63) is 42.0 Å². The summed E-state index contributed by atoms with van der Waals surface area (Å²) < 4.78 is 7.29. The molecule has 0 saturated heterocycles. The standard InChI is InChI=1S/C15H22N4O/c1-4-9-16-13(10-15-17-11-18-19(15)2)12-7-5-6-8-14(12)20-3/h5-8,11,13,16H,4,9-10H2,1-3H3. The largest absolute Gasteiger partial charge is 0.496 e. The average molecular weight is 274 g/mol. The van der Waals surface area contributed by atoms with Crippen molar-refractivity contribution in [2.24, 2.45) is 7.05 Å². The van der Waals surface area contributed by atoms with Gasteiger partial charge in [0, 0.05) is 25.1 Å². The molecule has 0 aliphatic rings. The average Bonchev–Trinajstić information content (AvgIpc) is 2.88. The smallest absolute Gasteiger partial charge is 0.138 e. The van der Waals surface area contributed by atoms with Crippen LogP contribution in [-0.2, 0) is 13.5 Å². The molecule has 2 aromatic rings. The second-order valence-electron chi connectivity index (χ2n) is 4.75. The number of rotatable bonds is 7. The molecule has 1 aromatic heterocycles. The van der Waals surface area contributed by atoms with Crippen LogP contribution in [-0.4, -0.2) is 28.4 Å². The molecule has 0 aliphatic heterocycles. The number of aryl methyl sites for hydroxylation is 1. The first kappa shape index (κ1) is 14.5. The quantitative estimate of drug-likeness (QED) is 0.840. The molecule has 1 unspecified atom stereocenters. The zero-order valence-corrected chi connectivity index (χ0v) is 12.3. The molecule has 0 aliphatic carbocycles. The number of aromatic nitrogens is 3. The molecule has 0 saturated carbocycles. The van der Waals surface area contributed by atoms with Crippen molar-refractivity contribution >= 4 is 0 Å². The van der Waals surface area contributed by atoms with Crippen LogP contribution in [0.4, 0.5) is 0 Å². The van der Waals surface area contributed by atoms with E-state index in [4.69, 9.17) is 4.74 Å². The first-order valence-corrected chi connectivity index (χ1v) is 6.95. The molecule has 0 amide bonds. The van der Waals surface area contributed by atoms with Gasteiger partial charge in [-0.1, -0.05) is 25.1 Å². The second-order valence-corrected chi connectivity index (χ2v) is 4.75. The summed E-state index contributed by atoms with van der Waals surface area (Å²) in [6.07, 6.45) is 3.47. The van der Waals surface area contributed by atoms with Crippen LogP contribution in [0.2, 0.25) is 0 Å². The lowest BCUT2D eigenvalue weighted by Gasteiger charge is -2.20. The number of benzene rings is 1. The van der Waals surface area contributed by atoms with Gasteiger partial charge >= 0.3 is 0 Å². The highest BCUT2D eigenvalue weighted by Crippen LogP contribution is 2.26. The maximum Gasteiger partial charge on any atom is 0.138 e. The van der Waals surface area contributed by atoms with Gasteiger partial charge < -0.3 is 10.1 Å². The van der Waals surface area contributed by atoms with E-state index in [1.807, 2.05) is 29.9 Å². The van der Waals surface area contributed by atoms with Gasteiger partial charge in [0.2, 0.25) is 0 Å². The van der Waals surface area contributed by atoms with Gasteiger partial charge in [0.25, 0.3) is 0 Å². The third-order valence-electron chi connectivity index (χ3n) is 3.35. The van der Waals surface area contributed by atoms with E-state index < -0.39 is 0 Å². The van der Waals surface area contributed by atoms with Gasteiger partial charge in [-0.3, -0.25) is 4.68 Å². The van der Waals surface area contributed by atoms with Crippen molar-refractivity contribution in [2.75, 3.05) is 13.7 Å². The normalized spacial score (nSPS) is 12.3. The second kappa shape index (κ2) is 7.05. The van der Waals surface area contributed by atoms with Crippen LogP contribution in [0.15, 0.2) is 30.6 Å². The third kappa shape index (κ3) is 3.36. The number of hydrogen-bond donors (Lipinski definition) is 1. The Hall–Kier alpha value is -1.88. The summed E-state index contributed by atoms with van der Waals surface area (Å²) in [7, 11) is 3.62. The Bertz CT molecular complexity index is 538. The molecule has 2 rings (SSSR count). The Morgan fingerprint density at radius 1 is 1.35 bits per heavy atom. The molecule has 0 spiro atoms. The zero-order chi connectivity index (χ0) is 14.4. The van der Waals surface area contributed by atoms with E-state index in [9.17, 15) is 0 Å². The molecule has 1 heterocycles. The van der Waals surface area contributed by atoms with Crippen molar-refractivity contribution < 1.29 is 4.74 Å². The predicted molar refractivity (Wildman–Crippen MR) is 78.7 cm³/mol. The molecular formula is C15H22N4O. The van der Waals surface area contributed by atoms with E-state index in [0.29, 0.717) is 0 Å². The predicted octanol–water partition coefficient (Wildman–Crippen LogP) is 2.11. The first-order valence-electron chi connectivity index (χ1n) is 6.95. The Labute approximate surface area is 120 Å². The van der Waals surface area contributed by atoms with Crippen molar-refractivity contribution in [1.82, 2.24) is 20.1 Å². The maximum atomic E-state index is 5.47. The molecular weight excluding hydrogens is 252 g/mol. The number of ether oxygens (including phenoxy) is 1. The van der Waals surface area contributed by atoms with E-state index in [1.165, 1.54) is 0 Å². The topological polar surface area (TPSA) is 52.0 Å². The van der Waals surface area contributed by atoms with Crippen LogP contribution in [0.5, 0.6) is 5.75 Å². The minimum atomic E-state index is 0.175. The van der Waals surface area contributed by atoms with Crippen LogP contribution in [0.3, 0.4) is 0 Å². The monoisotopic (exact) mass is 274 g/mol. The summed E-state index contributed by atoms with van der Waals surface area (Å²) >= 11 is 0. The lowest BCUT2D eigenvalue weighted by molar-refractivity contribution is 0.396. The van der Waals surface area contributed by atoms with Crippen molar-refractivity contribution in [3.63, 3.8) is 0 Å². The summed E-state index contributed by atoms with van der Waals surface area (Å²) in [5.41, 5.74) is 1.16. The highest BCUT2D eigenvalue weighted by Gasteiger charge is 2.17. The van der Waals surface area contributed by atoms with Crippen molar-refractivity contribution in [2.45, 2.75) is 25.8 Å². The lowest BCUT2D eigenvalue weighted by Crippen LogP contribution is -2.25. The maximum absolute atomic E-state index is 5.47. The van der Waals surface area contributed by atoms with Crippen LogP contribution in [0.25, 0.3) is 0 Å². The fourth-order valence-electron chi connectivity index (χ4n) is 2.25. The molecule has 1 aromatic carbocycles. The van der Waals surface area contributed by atoms with Gasteiger partial charge in [-0.2, -0.15) is 5.10 Å². The molecule has 5 heteroatoms. The van der Waals surface area contributed by atoms with Gasteiger partial charge in [-0.15, -0.1) is 0 Å². The minimum absolute atomic E-state index is 0.175. The molecule has 108 valence electrons. The number of methoxy groups -OCH3 is 1. The zero-order valence-electron chi connectivity index (χ0n) is 12.3. The van der Waals surface area contributed by atoms with Gasteiger partial charge in [-0.05, 0) is 19.0 Å². The van der Waals surface area contributed by atoms with E-state index in [0.717, 1.165) is 36.5 Å². The third-order valence-corrected chi connectivity index (χ3v) is 3.35. The highest BCUT2D eigenvalue weighted by atomic mass is 16.5. The summed E-state index contributed by atoms with van der Waals surface area (Å²) in [5, 5.41) is 7.70. The van der Waals surface area contributed by atoms with Crippen LogP contribution in [0.1, 0.15) is 30.8 Å². The fraction of sp³-hybridized carbons (Fsp3) is 0.467. The Morgan fingerprint density at radius 2 is 2.15 bits per heavy atom. The lowest BCUT2D eigenvalue weighted by atomic mass is 10.0. The molecule has 5 nitrogen and oxygen atoms in total. The van der Waals surface area contributed by atoms with Gasteiger partial charge in [-0.25, -0.2) is 4.98 Å². The Kier molecular flexibility index (Phi) is 5.12. The first-order chi connectivity index (χ1) is 9.76. The van der Waals surface area contributed by atoms with Gasteiger partial charge in [0.1, 0.15) is 17.9 Å². The Balaban J connectivity index is 2.24. The van der Waals surface area contributed by atoms with Crippen molar-refractivity contribution in [3.8, 4) is 5.75 Å². The molecule has 1 N–H and O–H groups in total. The summed E-state index contributed by atoms with van der Waals surface area (Å²) in [6, 6.07) is 8.29. The summed E-state index contributed by atoms with van der Waals surface area (Å²) in [5.74, 6) is 1.87. The number of para-hydroxylation sites is 1. The highest BCUT2D eigenvalue weighted by molar-refractivity contribution is 5.36. The number of hydrogen-bond acceptors (Lipinski definition) is 4. The van der Waals surface area contributed by atoms with Crippen LogP contribution < -0.4 is 10.1 Å². The van der Waals surface area contributed by atoms with Crippen molar-refractivity contribution in [1.29, 1.82) is 0 Å². The van der Waals surface area contributed by atoms with Crippen LogP contribution >= 0.6 is 0 Å². The molecule has 0 bridgehead atoms. The van der Waals surface area contributed by atoms with E-state index in [2.05, 4.69) is 28.4 Å². The fourth-order valence-corrected chi connectivity index (χ4v) is 2.25. The van der Waals surface area contributed by atoms with E-state index in [-0.39, 0.29) is 6.04 Å². The molecule has 20 heavy (non-hydrogen) atoms. The molecule has 1 atom stereocenters. The van der Waals surface area contributed by atoms with E-state index in [1.54, 1.807) is 13.4 Å². The van der Waals surface area contributed by atoms with Crippen LogP contribution in [0, 0.1) is 0 Å². The minimum Gasteiger partial charge on any atom is -0.496 e. The summed E-state index contributed by atoms with van der Waals surface area (Å²) in [6.45, 7) is 3.12. The molecule has 0 fully saturated rings. The SMILES string of the molecule is CCCNC(Cc1ncnn1C)c1ccccc1OC. The van der Waals surface area contributed by atoms with Gasteiger partial charge in [0.05, 0.1) is 7.11 Å². The van der Waals surface area contributed by atoms with Gasteiger partial charge in [0.15, 0.2) is 0 Å². The Morgan fingerprint density at radius 3 is 2.80 bits per heavy atom. The molecule has 0 radical (unpaired) electrons. The number of nitrogens with zero attached hydrogens (tertiary/aromatic N) is 3. The number of nitrogens with one attached hydrogen (secondary N) is 1. The summed E-state index contributed by atoms with van der Waals surface area (Å²) in [4.78, 5) is 4.32. The van der Waals surface area contributed by atoms with E-state index >= 15 is 0 Å².